The molecule has 1 amide bonds. The molecule has 1 aromatic rings. The second-order valence-corrected chi connectivity index (χ2v) is 4.99. The van der Waals surface area contributed by atoms with Crippen molar-refractivity contribution in [2.45, 2.75) is 25.4 Å². The molecule has 1 fully saturated rings. The van der Waals surface area contributed by atoms with Crippen LogP contribution in [-0.2, 0) is 0 Å². The molecule has 1 aliphatic rings. The molecule has 2 rings (SSSR count). The highest BCUT2D eigenvalue weighted by Gasteiger charge is 2.30. The van der Waals surface area contributed by atoms with E-state index in [0.717, 1.165) is 0 Å². The molecule has 4 nitrogen and oxygen atoms in total. The summed E-state index contributed by atoms with van der Waals surface area (Å²) in [6.45, 7) is 2.90. The van der Waals surface area contributed by atoms with E-state index in [4.69, 9.17) is 11.6 Å². The number of likely N-dealkylation sites (tertiary alicyclic amines) is 1. The summed E-state index contributed by atoms with van der Waals surface area (Å²) in [4.78, 5) is 17.8. The quantitative estimate of drug-likeness (QED) is 0.777. The van der Waals surface area contributed by atoms with Crippen LogP contribution in [0.1, 0.15) is 30.1 Å². The predicted molar refractivity (Wildman–Crippen MR) is 65.0 cm³/mol. The number of hydrogen-bond donors (Lipinski definition) is 1. The molecule has 1 aromatic heterocycles. The molecule has 0 bridgehead atoms. The summed E-state index contributed by atoms with van der Waals surface area (Å²) in [5, 5.41) is 10.1. The number of hydrogen-bond acceptors (Lipinski definition) is 3. The summed E-state index contributed by atoms with van der Waals surface area (Å²) >= 11 is 5.89. The number of rotatable bonds is 1. The van der Waals surface area contributed by atoms with Crippen LogP contribution in [0.4, 0.5) is 0 Å². The standard InChI is InChI=1S/C12H15ClN2O2/c1-12(17)4-7-15(8-5-12)11(16)9-3-2-6-14-10(9)13/h2-3,6,17H,4-5,7-8H2,1H3. The molecule has 5 heteroatoms. The van der Waals surface area contributed by atoms with Crippen molar-refractivity contribution < 1.29 is 9.90 Å². The minimum absolute atomic E-state index is 0.112. The van der Waals surface area contributed by atoms with Crippen molar-refractivity contribution in [3.63, 3.8) is 0 Å². The van der Waals surface area contributed by atoms with Gasteiger partial charge in [-0.1, -0.05) is 11.6 Å². The molecular weight excluding hydrogens is 240 g/mol. The summed E-state index contributed by atoms with van der Waals surface area (Å²) in [5.41, 5.74) is -0.231. The Balaban J connectivity index is 2.10. The molecule has 17 heavy (non-hydrogen) atoms. The Labute approximate surface area is 105 Å². The summed E-state index contributed by atoms with van der Waals surface area (Å²) in [6, 6.07) is 3.36. The van der Waals surface area contributed by atoms with Gasteiger partial charge in [-0.05, 0) is 31.9 Å². The van der Waals surface area contributed by atoms with Crippen LogP contribution in [0.25, 0.3) is 0 Å². The lowest BCUT2D eigenvalue weighted by molar-refractivity contribution is -0.00202. The van der Waals surface area contributed by atoms with Gasteiger partial charge in [-0.25, -0.2) is 4.98 Å². The fraction of sp³-hybridized carbons (Fsp3) is 0.500. The highest BCUT2D eigenvalue weighted by atomic mass is 35.5. The van der Waals surface area contributed by atoms with Crippen LogP contribution in [0, 0.1) is 0 Å². The molecule has 1 aliphatic heterocycles. The minimum atomic E-state index is -0.657. The van der Waals surface area contributed by atoms with E-state index in [-0.39, 0.29) is 11.1 Å². The number of amides is 1. The van der Waals surface area contributed by atoms with Gasteiger partial charge in [-0.3, -0.25) is 4.79 Å². The molecule has 92 valence electrons. The van der Waals surface area contributed by atoms with Crippen LogP contribution < -0.4 is 0 Å². The Bertz CT molecular complexity index is 424. The maximum Gasteiger partial charge on any atom is 0.256 e. The zero-order valence-corrected chi connectivity index (χ0v) is 10.4. The Morgan fingerprint density at radius 3 is 2.76 bits per heavy atom. The van der Waals surface area contributed by atoms with Crippen LogP contribution >= 0.6 is 11.6 Å². The first-order valence-corrected chi connectivity index (χ1v) is 5.99. The fourth-order valence-corrected chi connectivity index (χ4v) is 2.11. The van der Waals surface area contributed by atoms with E-state index < -0.39 is 5.60 Å². The number of carbonyl (C=O) groups is 1. The minimum Gasteiger partial charge on any atom is -0.390 e. The predicted octanol–water partition coefficient (Wildman–Crippen LogP) is 1.72. The smallest absolute Gasteiger partial charge is 0.256 e. The number of halogens is 1. The highest BCUT2D eigenvalue weighted by Crippen LogP contribution is 2.23. The van der Waals surface area contributed by atoms with Gasteiger partial charge in [0.1, 0.15) is 5.15 Å². The average Bonchev–Trinajstić information content (AvgIpc) is 2.29. The van der Waals surface area contributed by atoms with Gasteiger partial charge in [0.2, 0.25) is 0 Å². The van der Waals surface area contributed by atoms with Crippen molar-refractivity contribution in [2.75, 3.05) is 13.1 Å². The molecule has 0 unspecified atom stereocenters. The van der Waals surface area contributed by atoms with Gasteiger partial charge < -0.3 is 10.0 Å². The summed E-state index contributed by atoms with van der Waals surface area (Å²) in [5.74, 6) is -0.112. The molecular formula is C12H15ClN2O2. The van der Waals surface area contributed by atoms with Crippen molar-refractivity contribution in [3.05, 3.63) is 29.0 Å². The Hall–Kier alpha value is -1.13. The lowest BCUT2D eigenvalue weighted by atomic mass is 9.93. The Morgan fingerprint density at radius 1 is 1.53 bits per heavy atom. The molecule has 0 spiro atoms. The van der Waals surface area contributed by atoms with Gasteiger partial charge in [0, 0.05) is 19.3 Å². The largest absolute Gasteiger partial charge is 0.390 e. The van der Waals surface area contributed by atoms with Gasteiger partial charge in [0.15, 0.2) is 0 Å². The zero-order chi connectivity index (χ0) is 12.5. The molecule has 0 aromatic carbocycles. The van der Waals surface area contributed by atoms with E-state index in [9.17, 15) is 9.90 Å². The number of carbonyl (C=O) groups excluding carboxylic acids is 1. The number of aromatic nitrogens is 1. The third kappa shape index (κ3) is 2.76. The second kappa shape index (κ2) is 4.63. The summed E-state index contributed by atoms with van der Waals surface area (Å²) < 4.78 is 0. The first-order chi connectivity index (χ1) is 7.99. The molecule has 0 atom stereocenters. The monoisotopic (exact) mass is 254 g/mol. The third-order valence-electron chi connectivity index (χ3n) is 3.12. The maximum absolute atomic E-state index is 12.2. The molecule has 0 saturated carbocycles. The van der Waals surface area contributed by atoms with Gasteiger partial charge in [-0.2, -0.15) is 0 Å². The van der Waals surface area contributed by atoms with E-state index in [1.54, 1.807) is 30.2 Å². The van der Waals surface area contributed by atoms with E-state index in [1.165, 1.54) is 0 Å². The van der Waals surface area contributed by atoms with Crippen molar-refractivity contribution in [3.8, 4) is 0 Å². The first kappa shape index (κ1) is 12.3. The van der Waals surface area contributed by atoms with E-state index in [1.807, 2.05) is 0 Å². The van der Waals surface area contributed by atoms with Crippen LogP contribution in [0.5, 0.6) is 0 Å². The SMILES string of the molecule is CC1(O)CCN(C(=O)c2cccnc2Cl)CC1. The van der Waals surface area contributed by atoms with Gasteiger partial charge >= 0.3 is 0 Å². The molecule has 0 radical (unpaired) electrons. The lowest BCUT2D eigenvalue weighted by Gasteiger charge is -2.35. The number of nitrogens with zero attached hydrogens (tertiary/aromatic N) is 2. The Kier molecular flexibility index (Phi) is 3.35. The van der Waals surface area contributed by atoms with E-state index >= 15 is 0 Å². The van der Waals surface area contributed by atoms with E-state index in [2.05, 4.69) is 4.98 Å². The fourth-order valence-electron chi connectivity index (χ4n) is 1.91. The molecule has 1 N–H and O–H groups in total. The van der Waals surface area contributed by atoms with Crippen molar-refractivity contribution in [1.29, 1.82) is 0 Å². The Morgan fingerprint density at radius 2 is 2.18 bits per heavy atom. The van der Waals surface area contributed by atoms with Gasteiger partial charge in [-0.15, -0.1) is 0 Å². The van der Waals surface area contributed by atoms with Crippen LogP contribution in [0.15, 0.2) is 18.3 Å². The average molecular weight is 255 g/mol. The zero-order valence-electron chi connectivity index (χ0n) is 9.69. The van der Waals surface area contributed by atoms with E-state index in [0.29, 0.717) is 31.5 Å². The lowest BCUT2D eigenvalue weighted by Crippen LogP contribution is -2.45. The van der Waals surface area contributed by atoms with Crippen molar-refractivity contribution in [1.82, 2.24) is 9.88 Å². The number of pyridine rings is 1. The van der Waals surface area contributed by atoms with Gasteiger partial charge in [0.05, 0.1) is 11.2 Å². The summed E-state index contributed by atoms with van der Waals surface area (Å²) in [7, 11) is 0. The third-order valence-corrected chi connectivity index (χ3v) is 3.42. The maximum atomic E-state index is 12.2. The summed E-state index contributed by atoms with van der Waals surface area (Å²) in [6.07, 6.45) is 2.74. The molecule has 1 saturated heterocycles. The van der Waals surface area contributed by atoms with Crippen LogP contribution in [0.2, 0.25) is 5.15 Å². The molecule has 0 aliphatic carbocycles. The van der Waals surface area contributed by atoms with Crippen LogP contribution in [-0.4, -0.2) is 39.6 Å². The number of piperidine rings is 1. The highest BCUT2D eigenvalue weighted by molar-refractivity contribution is 6.32. The molecule has 2 heterocycles. The topological polar surface area (TPSA) is 53.4 Å². The van der Waals surface area contributed by atoms with Gasteiger partial charge in [0.25, 0.3) is 5.91 Å². The first-order valence-electron chi connectivity index (χ1n) is 5.62. The normalized spacial score (nSPS) is 19.1. The second-order valence-electron chi connectivity index (χ2n) is 4.63. The van der Waals surface area contributed by atoms with Crippen molar-refractivity contribution >= 4 is 17.5 Å². The van der Waals surface area contributed by atoms with Crippen molar-refractivity contribution in [2.24, 2.45) is 0 Å². The van der Waals surface area contributed by atoms with Crippen LogP contribution in [0.3, 0.4) is 0 Å². The number of aliphatic hydroxyl groups is 1.